The van der Waals surface area contributed by atoms with Crippen LogP contribution in [-0.2, 0) is 4.74 Å². The van der Waals surface area contributed by atoms with Gasteiger partial charge in [0.15, 0.2) is 5.96 Å². The number of rotatable bonds is 7. The van der Waals surface area contributed by atoms with E-state index in [0.29, 0.717) is 42.8 Å². The average molecular weight is 441 g/mol. The molecule has 0 aliphatic rings. The smallest absolute Gasteiger partial charge is 0.251 e. The van der Waals surface area contributed by atoms with Crippen molar-refractivity contribution in [2.24, 2.45) is 4.99 Å². The highest BCUT2D eigenvalue weighted by Gasteiger charge is 2.04. The van der Waals surface area contributed by atoms with Crippen LogP contribution in [-0.4, -0.2) is 52.3 Å². The maximum atomic E-state index is 11.8. The normalized spacial score (nSPS) is 10.6. The zero-order chi connectivity index (χ0) is 15.5. The summed E-state index contributed by atoms with van der Waals surface area (Å²) in [6.07, 6.45) is 0. The summed E-state index contributed by atoms with van der Waals surface area (Å²) in [5.74, 6) is 0.545. The van der Waals surface area contributed by atoms with Crippen molar-refractivity contribution in [3.63, 3.8) is 0 Å². The first-order chi connectivity index (χ1) is 10.2. The maximum Gasteiger partial charge on any atom is 0.251 e. The lowest BCUT2D eigenvalue weighted by Crippen LogP contribution is -2.42. The Kier molecular flexibility index (Phi) is 11.9. The largest absolute Gasteiger partial charge is 0.383 e. The van der Waals surface area contributed by atoms with E-state index in [0.717, 1.165) is 0 Å². The summed E-state index contributed by atoms with van der Waals surface area (Å²) < 4.78 is 4.94. The predicted molar refractivity (Wildman–Crippen MR) is 100 cm³/mol. The van der Waals surface area contributed by atoms with Gasteiger partial charge in [0.05, 0.1) is 6.61 Å². The third-order valence-corrected chi connectivity index (χ3v) is 2.88. The third-order valence-electron chi connectivity index (χ3n) is 2.63. The molecule has 0 unspecified atom stereocenters. The Labute approximate surface area is 153 Å². The molecule has 22 heavy (non-hydrogen) atoms. The van der Waals surface area contributed by atoms with E-state index in [1.165, 1.54) is 0 Å². The van der Waals surface area contributed by atoms with E-state index < -0.39 is 0 Å². The van der Waals surface area contributed by atoms with Crippen LogP contribution < -0.4 is 16.0 Å². The quantitative estimate of drug-likeness (QED) is 0.260. The number of carbonyl (C=O) groups is 1. The molecule has 124 valence electrons. The van der Waals surface area contributed by atoms with Crippen molar-refractivity contribution < 1.29 is 9.53 Å². The Bertz CT molecular complexity index is 468. The molecular weight excluding hydrogens is 419 g/mol. The van der Waals surface area contributed by atoms with E-state index >= 15 is 0 Å². The van der Waals surface area contributed by atoms with Crippen molar-refractivity contribution in [1.29, 1.82) is 0 Å². The van der Waals surface area contributed by atoms with Crippen LogP contribution in [0.3, 0.4) is 0 Å². The van der Waals surface area contributed by atoms with Crippen LogP contribution in [0.1, 0.15) is 10.4 Å². The molecule has 8 heteroatoms. The minimum Gasteiger partial charge on any atom is -0.383 e. The average Bonchev–Trinajstić information content (AvgIpc) is 2.50. The molecule has 3 N–H and O–H groups in total. The molecule has 0 spiro atoms. The van der Waals surface area contributed by atoms with Gasteiger partial charge in [-0.2, -0.15) is 0 Å². The second kappa shape index (κ2) is 12.5. The van der Waals surface area contributed by atoms with Crippen molar-refractivity contribution in [1.82, 2.24) is 16.0 Å². The van der Waals surface area contributed by atoms with Gasteiger partial charge in [-0.05, 0) is 24.3 Å². The van der Waals surface area contributed by atoms with Crippen LogP contribution in [0.15, 0.2) is 29.3 Å². The summed E-state index contributed by atoms with van der Waals surface area (Å²) in [5.41, 5.74) is 0.585. The summed E-state index contributed by atoms with van der Waals surface area (Å²) in [7, 11) is 3.33. The molecule has 0 aromatic heterocycles. The molecule has 6 nitrogen and oxygen atoms in total. The minimum absolute atomic E-state index is 0. The molecule has 0 saturated carbocycles. The van der Waals surface area contributed by atoms with Crippen LogP contribution in [0.5, 0.6) is 0 Å². The topological polar surface area (TPSA) is 74.8 Å². The highest BCUT2D eigenvalue weighted by molar-refractivity contribution is 14.0. The number of methoxy groups -OCH3 is 1. The molecule has 0 fully saturated rings. The molecule has 1 rings (SSSR count). The van der Waals surface area contributed by atoms with Gasteiger partial charge in [-0.3, -0.25) is 9.79 Å². The highest BCUT2D eigenvalue weighted by atomic mass is 127. The Morgan fingerprint density at radius 3 is 2.32 bits per heavy atom. The Morgan fingerprint density at radius 2 is 1.73 bits per heavy atom. The monoisotopic (exact) mass is 440 g/mol. The SMILES string of the molecule is CN=C(NCCNC(=O)c1ccc(Cl)cc1)NCCOC.I. The molecule has 1 aromatic rings. The van der Waals surface area contributed by atoms with Crippen LogP contribution in [0.25, 0.3) is 0 Å². The van der Waals surface area contributed by atoms with Crippen LogP contribution in [0.4, 0.5) is 0 Å². The fraction of sp³-hybridized carbons (Fsp3) is 0.429. The molecule has 1 aromatic carbocycles. The number of nitrogens with zero attached hydrogens (tertiary/aromatic N) is 1. The van der Waals surface area contributed by atoms with Crippen molar-refractivity contribution in [3.8, 4) is 0 Å². The van der Waals surface area contributed by atoms with E-state index in [9.17, 15) is 4.79 Å². The zero-order valence-corrected chi connectivity index (χ0v) is 15.8. The number of amides is 1. The number of halogens is 2. The Hall–Kier alpha value is -1.06. The van der Waals surface area contributed by atoms with E-state index in [1.54, 1.807) is 38.4 Å². The molecule has 0 heterocycles. The van der Waals surface area contributed by atoms with Crippen molar-refractivity contribution in [2.45, 2.75) is 0 Å². The Balaban J connectivity index is 0.00000441. The number of aliphatic imine (C=N–C) groups is 1. The van der Waals surface area contributed by atoms with E-state index in [1.807, 2.05) is 0 Å². The standard InChI is InChI=1S/C14H21ClN4O2.HI/c1-16-14(19-9-10-21-2)18-8-7-17-13(20)11-3-5-12(15)6-4-11;/h3-6H,7-10H2,1-2H3,(H,17,20)(H2,16,18,19);1H. The second-order valence-corrected chi connectivity index (χ2v) is 4.62. The van der Waals surface area contributed by atoms with Gasteiger partial charge >= 0.3 is 0 Å². The number of benzene rings is 1. The van der Waals surface area contributed by atoms with Gasteiger partial charge in [-0.15, -0.1) is 24.0 Å². The number of carbonyl (C=O) groups excluding carboxylic acids is 1. The first-order valence-electron chi connectivity index (χ1n) is 6.64. The summed E-state index contributed by atoms with van der Waals surface area (Å²) in [4.78, 5) is 15.9. The molecule has 0 bridgehead atoms. The predicted octanol–water partition coefficient (Wildman–Crippen LogP) is 1.50. The molecule has 0 atom stereocenters. The molecule has 0 aliphatic heterocycles. The number of hydrogen-bond donors (Lipinski definition) is 3. The van der Waals surface area contributed by atoms with Gasteiger partial charge in [0.25, 0.3) is 5.91 Å². The van der Waals surface area contributed by atoms with Crippen LogP contribution in [0.2, 0.25) is 5.02 Å². The fourth-order valence-corrected chi connectivity index (χ4v) is 1.68. The number of ether oxygens (including phenoxy) is 1. The van der Waals surface area contributed by atoms with Gasteiger partial charge < -0.3 is 20.7 Å². The number of hydrogen-bond acceptors (Lipinski definition) is 3. The van der Waals surface area contributed by atoms with Crippen molar-refractivity contribution in [2.75, 3.05) is 40.4 Å². The van der Waals surface area contributed by atoms with E-state index in [2.05, 4.69) is 20.9 Å². The lowest BCUT2D eigenvalue weighted by atomic mass is 10.2. The number of guanidine groups is 1. The second-order valence-electron chi connectivity index (χ2n) is 4.18. The van der Waals surface area contributed by atoms with Gasteiger partial charge in [-0.25, -0.2) is 0 Å². The lowest BCUT2D eigenvalue weighted by molar-refractivity contribution is 0.0954. The van der Waals surface area contributed by atoms with Gasteiger partial charge in [0.1, 0.15) is 0 Å². The zero-order valence-electron chi connectivity index (χ0n) is 12.7. The van der Waals surface area contributed by atoms with Gasteiger partial charge in [-0.1, -0.05) is 11.6 Å². The minimum atomic E-state index is -0.129. The van der Waals surface area contributed by atoms with Gasteiger partial charge in [0, 0.05) is 44.4 Å². The molecule has 0 radical (unpaired) electrons. The third kappa shape index (κ3) is 8.40. The fourth-order valence-electron chi connectivity index (χ4n) is 1.55. The summed E-state index contributed by atoms with van der Waals surface area (Å²) in [6.45, 7) is 2.35. The molecule has 1 amide bonds. The highest BCUT2D eigenvalue weighted by Crippen LogP contribution is 2.08. The summed E-state index contributed by atoms with van der Waals surface area (Å²) in [6, 6.07) is 6.76. The Morgan fingerprint density at radius 1 is 1.14 bits per heavy atom. The molecular formula is C14H22ClIN4O2. The molecule has 0 aliphatic carbocycles. The van der Waals surface area contributed by atoms with Crippen molar-refractivity contribution >= 4 is 47.4 Å². The first-order valence-corrected chi connectivity index (χ1v) is 7.02. The van der Waals surface area contributed by atoms with Crippen LogP contribution in [0, 0.1) is 0 Å². The number of nitrogens with one attached hydrogen (secondary N) is 3. The van der Waals surface area contributed by atoms with E-state index in [4.69, 9.17) is 16.3 Å². The molecule has 0 saturated heterocycles. The lowest BCUT2D eigenvalue weighted by Gasteiger charge is -2.12. The first kappa shape index (κ1) is 20.9. The van der Waals surface area contributed by atoms with Crippen molar-refractivity contribution in [3.05, 3.63) is 34.9 Å². The van der Waals surface area contributed by atoms with Gasteiger partial charge in [0.2, 0.25) is 0 Å². The van der Waals surface area contributed by atoms with E-state index in [-0.39, 0.29) is 29.9 Å². The maximum absolute atomic E-state index is 11.8. The van der Waals surface area contributed by atoms with Crippen LogP contribution >= 0.6 is 35.6 Å². The summed E-state index contributed by atoms with van der Waals surface area (Å²) >= 11 is 5.78. The summed E-state index contributed by atoms with van der Waals surface area (Å²) in [5, 5.41) is 9.60.